The van der Waals surface area contributed by atoms with Gasteiger partial charge in [0.25, 0.3) is 0 Å². The number of hydrogen-bond acceptors (Lipinski definition) is 3. The Kier molecular flexibility index (Phi) is 2.82. The van der Waals surface area contributed by atoms with E-state index in [-0.39, 0.29) is 0 Å². The summed E-state index contributed by atoms with van der Waals surface area (Å²) in [5, 5.41) is 13.0. The van der Waals surface area contributed by atoms with Gasteiger partial charge in [-0.05, 0) is 39.8 Å². The van der Waals surface area contributed by atoms with Gasteiger partial charge in [0.05, 0.1) is 11.2 Å². The highest BCUT2D eigenvalue weighted by molar-refractivity contribution is 6.62. The molecule has 5 heteroatoms. The van der Waals surface area contributed by atoms with Gasteiger partial charge in [-0.1, -0.05) is 12.1 Å². The number of benzene rings is 1. The average molecular weight is 271 g/mol. The van der Waals surface area contributed by atoms with E-state index in [9.17, 15) is 5.21 Å². The van der Waals surface area contributed by atoms with Crippen LogP contribution in [0.5, 0.6) is 0 Å². The summed E-state index contributed by atoms with van der Waals surface area (Å²) in [7, 11) is -0.509. The lowest BCUT2D eigenvalue weighted by Crippen LogP contribution is -2.41. The summed E-state index contributed by atoms with van der Waals surface area (Å²) in [6, 6.07) is 9.43. The number of para-hydroxylation sites is 1. The van der Waals surface area contributed by atoms with Gasteiger partial charge in [-0.2, -0.15) is 4.73 Å². The summed E-state index contributed by atoms with van der Waals surface area (Å²) in [5.41, 5.74) is 0.582. The van der Waals surface area contributed by atoms with Crippen LogP contribution >= 0.6 is 0 Å². The normalized spacial score (nSPS) is 20.5. The van der Waals surface area contributed by atoms with Crippen LogP contribution in [0.3, 0.4) is 0 Å². The summed E-state index contributed by atoms with van der Waals surface area (Å²) >= 11 is 0. The molecule has 1 aromatic carbocycles. The minimum atomic E-state index is -0.509. The first kappa shape index (κ1) is 13.4. The summed E-state index contributed by atoms with van der Waals surface area (Å²) < 4.78 is 12.8. The molecule has 0 bridgehead atoms. The van der Waals surface area contributed by atoms with Crippen LogP contribution < -0.4 is 10.2 Å². The Hall–Kier alpha value is -1.59. The molecule has 3 rings (SSSR count). The van der Waals surface area contributed by atoms with Gasteiger partial charge < -0.3 is 14.5 Å². The van der Waals surface area contributed by atoms with Crippen molar-refractivity contribution >= 4 is 23.5 Å². The molecule has 2 aromatic rings. The largest absolute Gasteiger partial charge is 0.618 e. The first-order valence-electron chi connectivity index (χ1n) is 6.78. The molecule has 0 unspecified atom stereocenters. The minimum Gasteiger partial charge on any atom is -0.618 e. The Morgan fingerprint density at radius 2 is 1.65 bits per heavy atom. The Balaban J connectivity index is 2.04. The summed E-state index contributed by atoms with van der Waals surface area (Å²) in [4.78, 5) is 0. The van der Waals surface area contributed by atoms with Crippen molar-refractivity contribution in [3.63, 3.8) is 0 Å². The predicted octanol–water partition coefficient (Wildman–Crippen LogP) is 1.77. The van der Waals surface area contributed by atoms with E-state index in [4.69, 9.17) is 9.31 Å². The van der Waals surface area contributed by atoms with Gasteiger partial charge in [-0.3, -0.25) is 0 Å². The summed E-state index contributed by atoms with van der Waals surface area (Å²) in [6.45, 7) is 8.00. The number of aromatic nitrogens is 1. The number of fused-ring (bicyclic) bond motifs is 1. The van der Waals surface area contributed by atoms with Crippen LogP contribution in [-0.4, -0.2) is 18.3 Å². The molecule has 1 aliphatic heterocycles. The Morgan fingerprint density at radius 1 is 1.05 bits per heavy atom. The molecule has 104 valence electrons. The minimum absolute atomic E-state index is 0.406. The second kappa shape index (κ2) is 4.20. The third kappa shape index (κ3) is 1.98. The maximum atomic E-state index is 12.1. The van der Waals surface area contributed by atoms with Crippen molar-refractivity contribution < 1.29 is 14.0 Å². The van der Waals surface area contributed by atoms with Crippen LogP contribution in [0.2, 0.25) is 0 Å². The van der Waals surface area contributed by atoms with Crippen molar-refractivity contribution in [2.75, 3.05) is 0 Å². The molecule has 1 saturated heterocycles. The highest BCUT2D eigenvalue weighted by atomic mass is 16.7. The molecule has 0 N–H and O–H groups in total. The first-order chi connectivity index (χ1) is 9.30. The fraction of sp³-hybridized carbons (Fsp3) is 0.400. The molecular weight excluding hydrogens is 253 g/mol. The molecule has 0 aliphatic carbocycles. The van der Waals surface area contributed by atoms with E-state index in [1.165, 1.54) is 6.20 Å². The number of rotatable bonds is 1. The lowest BCUT2D eigenvalue weighted by atomic mass is 9.80. The molecule has 0 atom stereocenters. The van der Waals surface area contributed by atoms with Gasteiger partial charge in [0, 0.05) is 16.9 Å². The predicted molar refractivity (Wildman–Crippen MR) is 78.6 cm³/mol. The average Bonchev–Trinajstić information content (AvgIpc) is 2.58. The van der Waals surface area contributed by atoms with Crippen LogP contribution in [0.25, 0.3) is 10.9 Å². The molecule has 20 heavy (non-hydrogen) atoms. The fourth-order valence-electron chi connectivity index (χ4n) is 2.34. The molecule has 0 amide bonds. The Labute approximate surface area is 119 Å². The van der Waals surface area contributed by atoms with E-state index in [1.54, 1.807) is 6.07 Å². The van der Waals surface area contributed by atoms with E-state index in [1.807, 2.05) is 52.0 Å². The zero-order valence-corrected chi connectivity index (χ0v) is 12.2. The van der Waals surface area contributed by atoms with E-state index in [0.29, 0.717) is 5.52 Å². The topological polar surface area (TPSA) is 45.4 Å². The monoisotopic (exact) mass is 271 g/mol. The van der Waals surface area contributed by atoms with Crippen LogP contribution in [0.1, 0.15) is 27.7 Å². The van der Waals surface area contributed by atoms with Crippen molar-refractivity contribution in [2.24, 2.45) is 0 Å². The molecular formula is C15H18BNO3. The molecule has 1 aliphatic rings. The summed E-state index contributed by atoms with van der Waals surface area (Å²) in [5.74, 6) is 0. The molecule has 1 fully saturated rings. The van der Waals surface area contributed by atoms with Crippen molar-refractivity contribution in [1.29, 1.82) is 0 Å². The maximum absolute atomic E-state index is 12.1. The van der Waals surface area contributed by atoms with Gasteiger partial charge in [-0.25, -0.2) is 0 Å². The van der Waals surface area contributed by atoms with Crippen molar-refractivity contribution in [3.8, 4) is 0 Å². The Morgan fingerprint density at radius 3 is 2.30 bits per heavy atom. The lowest BCUT2D eigenvalue weighted by molar-refractivity contribution is -0.576. The summed E-state index contributed by atoms with van der Waals surface area (Å²) in [6.07, 6.45) is 1.53. The highest BCUT2D eigenvalue weighted by Crippen LogP contribution is 2.36. The van der Waals surface area contributed by atoms with Gasteiger partial charge in [0.1, 0.15) is 0 Å². The number of hydrogen-bond donors (Lipinski definition) is 0. The van der Waals surface area contributed by atoms with Gasteiger partial charge in [0.15, 0.2) is 6.20 Å². The van der Waals surface area contributed by atoms with E-state index in [0.717, 1.165) is 15.6 Å². The maximum Gasteiger partial charge on any atom is 0.501 e. The smallest absolute Gasteiger partial charge is 0.501 e. The van der Waals surface area contributed by atoms with E-state index >= 15 is 0 Å². The third-order valence-corrected chi connectivity index (χ3v) is 4.29. The van der Waals surface area contributed by atoms with Crippen LogP contribution in [0, 0.1) is 5.21 Å². The van der Waals surface area contributed by atoms with Crippen molar-refractivity contribution in [3.05, 3.63) is 41.7 Å². The molecule has 2 heterocycles. The molecule has 0 radical (unpaired) electrons. The zero-order chi connectivity index (χ0) is 14.5. The van der Waals surface area contributed by atoms with Crippen molar-refractivity contribution in [2.45, 2.75) is 38.9 Å². The molecule has 0 saturated carbocycles. The second-order valence-electron chi connectivity index (χ2n) is 6.25. The number of nitrogens with zero attached hydrogens (tertiary/aromatic N) is 1. The third-order valence-electron chi connectivity index (χ3n) is 4.29. The van der Waals surface area contributed by atoms with Gasteiger partial charge in [-0.15, -0.1) is 0 Å². The van der Waals surface area contributed by atoms with Crippen molar-refractivity contribution in [1.82, 2.24) is 0 Å². The first-order valence-corrected chi connectivity index (χ1v) is 6.78. The van der Waals surface area contributed by atoms with E-state index in [2.05, 4.69) is 0 Å². The van der Waals surface area contributed by atoms with Crippen LogP contribution in [0.15, 0.2) is 36.5 Å². The van der Waals surface area contributed by atoms with Gasteiger partial charge >= 0.3 is 7.12 Å². The Bertz CT molecular complexity index is 653. The zero-order valence-electron chi connectivity index (χ0n) is 12.2. The SMILES string of the molecule is CC1(C)OB(c2cc3ccccc3[n+]([O-])c2)OC1(C)C. The quantitative estimate of drug-likeness (QED) is 0.451. The number of pyridine rings is 1. The molecule has 0 spiro atoms. The van der Waals surface area contributed by atoms with Gasteiger partial charge in [0.2, 0.25) is 5.52 Å². The highest BCUT2D eigenvalue weighted by Gasteiger charge is 2.52. The lowest BCUT2D eigenvalue weighted by Gasteiger charge is -2.32. The molecule has 1 aromatic heterocycles. The van der Waals surface area contributed by atoms with E-state index < -0.39 is 18.3 Å². The standard InChI is InChI=1S/C15H18BNO3/c1-14(2)15(3,4)20-16(19-14)12-9-11-7-5-6-8-13(11)17(18)10-12/h5-10H,1-4H3. The second-order valence-corrected chi connectivity index (χ2v) is 6.25. The molecule has 4 nitrogen and oxygen atoms in total. The van der Waals surface area contributed by atoms with Crippen LogP contribution in [0.4, 0.5) is 0 Å². The fourth-order valence-corrected chi connectivity index (χ4v) is 2.34. The van der Waals surface area contributed by atoms with Crippen LogP contribution in [-0.2, 0) is 9.31 Å².